The predicted molar refractivity (Wildman–Crippen MR) is 71.3 cm³/mol. The number of aliphatic carboxylic acids is 4. The van der Waals surface area contributed by atoms with Gasteiger partial charge in [0, 0.05) is 6.04 Å². The van der Waals surface area contributed by atoms with Gasteiger partial charge in [-0.15, -0.1) is 0 Å². The molecular formula is C11H19N3O8. The summed E-state index contributed by atoms with van der Waals surface area (Å²) in [5, 5.41) is 39.1. The second-order valence-electron chi connectivity index (χ2n) is 4.46. The number of carboxylic acids is 4. The normalized spacial score (nSPS) is 11.1. The summed E-state index contributed by atoms with van der Waals surface area (Å²) in [5.74, 6) is -6.08. The van der Waals surface area contributed by atoms with Crippen LogP contribution in [0.1, 0.15) is 12.8 Å². The Balaban J connectivity index is 4.02. The third kappa shape index (κ3) is 7.52. The summed E-state index contributed by atoms with van der Waals surface area (Å²) in [4.78, 5) is 42.4. The van der Waals surface area contributed by atoms with Gasteiger partial charge < -0.3 is 26.2 Å². The van der Waals surface area contributed by atoms with E-state index in [-0.39, 0.29) is 25.9 Å². The van der Waals surface area contributed by atoms with Crippen molar-refractivity contribution in [3.05, 3.63) is 0 Å². The first-order chi connectivity index (χ1) is 10.2. The average Bonchev–Trinajstić information content (AvgIpc) is 2.37. The summed E-state index contributed by atoms with van der Waals surface area (Å²) in [7, 11) is 0. The van der Waals surface area contributed by atoms with Crippen LogP contribution in [0.15, 0.2) is 0 Å². The fourth-order valence-corrected chi connectivity index (χ4v) is 1.53. The topological polar surface area (TPSA) is 199 Å². The Hall–Kier alpha value is -2.24. The van der Waals surface area contributed by atoms with Crippen molar-refractivity contribution < 1.29 is 39.6 Å². The summed E-state index contributed by atoms with van der Waals surface area (Å²) >= 11 is 0. The van der Waals surface area contributed by atoms with Gasteiger partial charge in [0.2, 0.25) is 12.1 Å². The minimum atomic E-state index is -1.73. The molecule has 0 aliphatic heterocycles. The van der Waals surface area contributed by atoms with Crippen molar-refractivity contribution in [2.45, 2.75) is 31.0 Å². The Labute approximate surface area is 125 Å². The summed E-state index contributed by atoms with van der Waals surface area (Å²) < 4.78 is 0. The van der Waals surface area contributed by atoms with Crippen molar-refractivity contribution >= 4 is 23.9 Å². The molecule has 0 heterocycles. The lowest BCUT2D eigenvalue weighted by molar-refractivity contribution is -0.152. The second-order valence-corrected chi connectivity index (χ2v) is 4.46. The lowest BCUT2D eigenvalue weighted by atomic mass is 10.1. The second kappa shape index (κ2) is 9.65. The van der Waals surface area contributed by atoms with Crippen LogP contribution < -0.4 is 16.4 Å². The smallest absolute Gasteiger partial charge is 0.332 e. The van der Waals surface area contributed by atoms with E-state index in [1.54, 1.807) is 0 Å². The molecule has 11 heteroatoms. The Morgan fingerprint density at radius 3 is 1.23 bits per heavy atom. The van der Waals surface area contributed by atoms with Crippen LogP contribution in [0.5, 0.6) is 0 Å². The van der Waals surface area contributed by atoms with Crippen LogP contribution in [0.4, 0.5) is 0 Å². The predicted octanol–water partition coefficient (Wildman–Crippen LogP) is -2.65. The molecule has 11 nitrogen and oxygen atoms in total. The molecule has 0 saturated carbocycles. The zero-order valence-corrected chi connectivity index (χ0v) is 11.6. The van der Waals surface area contributed by atoms with Gasteiger partial charge in [0.1, 0.15) is 0 Å². The molecule has 22 heavy (non-hydrogen) atoms. The molecule has 0 aromatic carbocycles. The molecular weight excluding hydrogens is 302 g/mol. The minimum absolute atomic E-state index is 0.0335. The van der Waals surface area contributed by atoms with Crippen LogP contribution in [0.25, 0.3) is 0 Å². The highest BCUT2D eigenvalue weighted by atomic mass is 16.4. The Morgan fingerprint density at radius 1 is 0.727 bits per heavy atom. The maximum Gasteiger partial charge on any atom is 0.332 e. The first-order valence-corrected chi connectivity index (χ1v) is 6.30. The van der Waals surface area contributed by atoms with Crippen LogP contribution in [-0.2, 0) is 19.2 Å². The molecule has 0 aliphatic carbocycles. The van der Waals surface area contributed by atoms with E-state index in [1.807, 2.05) is 0 Å². The van der Waals surface area contributed by atoms with E-state index in [0.29, 0.717) is 0 Å². The van der Waals surface area contributed by atoms with Gasteiger partial charge in [-0.3, -0.25) is 10.6 Å². The summed E-state index contributed by atoms with van der Waals surface area (Å²) in [6.45, 7) is 0.0669. The Kier molecular flexibility index (Phi) is 8.67. The van der Waals surface area contributed by atoms with Gasteiger partial charge in [-0.2, -0.15) is 0 Å². The van der Waals surface area contributed by atoms with Gasteiger partial charge >= 0.3 is 23.9 Å². The zero-order chi connectivity index (χ0) is 17.3. The highest BCUT2D eigenvalue weighted by Gasteiger charge is 2.26. The van der Waals surface area contributed by atoms with E-state index in [2.05, 4.69) is 10.6 Å². The fraction of sp³-hybridized carbons (Fsp3) is 0.636. The van der Waals surface area contributed by atoms with Gasteiger partial charge in [-0.25, -0.2) is 19.2 Å². The lowest BCUT2D eigenvalue weighted by Gasteiger charge is -2.15. The largest absolute Gasteiger partial charge is 0.480 e. The molecule has 0 radical (unpaired) electrons. The number of rotatable bonds is 12. The quantitative estimate of drug-likeness (QED) is 0.185. The van der Waals surface area contributed by atoms with Crippen molar-refractivity contribution in [2.24, 2.45) is 5.73 Å². The molecule has 0 rings (SSSR count). The number of carboxylic acid groups (broad SMARTS) is 4. The van der Waals surface area contributed by atoms with Crippen LogP contribution in [-0.4, -0.2) is 75.5 Å². The van der Waals surface area contributed by atoms with Crippen LogP contribution in [0, 0.1) is 0 Å². The lowest BCUT2D eigenvalue weighted by Crippen LogP contribution is -2.46. The summed E-state index contributed by atoms with van der Waals surface area (Å²) in [5.41, 5.74) is 5.68. The highest BCUT2D eigenvalue weighted by Crippen LogP contribution is 1.95. The number of hydrogen-bond acceptors (Lipinski definition) is 7. The SMILES string of the molecule is NC(CCNC(C(=O)O)C(=O)O)CCNC(C(=O)O)C(=O)O. The maximum atomic E-state index is 10.6. The van der Waals surface area contributed by atoms with Gasteiger partial charge in [0.25, 0.3) is 0 Å². The van der Waals surface area contributed by atoms with Crippen LogP contribution in [0.3, 0.4) is 0 Å². The molecule has 0 aliphatic rings. The first kappa shape index (κ1) is 19.8. The Morgan fingerprint density at radius 2 is 1.00 bits per heavy atom. The Bertz CT molecular complexity index is 362. The van der Waals surface area contributed by atoms with E-state index >= 15 is 0 Å². The third-order valence-electron chi connectivity index (χ3n) is 2.71. The van der Waals surface area contributed by atoms with Crippen molar-refractivity contribution in [3.63, 3.8) is 0 Å². The monoisotopic (exact) mass is 321 g/mol. The van der Waals surface area contributed by atoms with Crippen molar-refractivity contribution in [3.8, 4) is 0 Å². The number of carbonyl (C=O) groups is 4. The highest BCUT2D eigenvalue weighted by molar-refractivity contribution is 5.97. The number of hydrogen-bond donors (Lipinski definition) is 7. The molecule has 0 aromatic heterocycles. The zero-order valence-electron chi connectivity index (χ0n) is 11.6. The molecule has 0 bridgehead atoms. The molecule has 0 unspecified atom stereocenters. The van der Waals surface area contributed by atoms with E-state index in [1.165, 1.54) is 0 Å². The summed E-state index contributed by atoms with van der Waals surface area (Å²) in [6.07, 6.45) is 0.479. The molecule has 8 N–H and O–H groups in total. The molecule has 0 amide bonds. The van der Waals surface area contributed by atoms with Gasteiger partial charge in [0.15, 0.2) is 0 Å². The standard InChI is InChI=1S/C11H19N3O8/c12-5(1-3-13-6(8(15)16)9(17)18)2-4-14-7(10(19)20)11(21)22/h5-7,13-14H,1-4,12H2,(H,15,16)(H,17,18)(H,19,20)(H,21,22). The van der Waals surface area contributed by atoms with E-state index in [4.69, 9.17) is 26.2 Å². The van der Waals surface area contributed by atoms with Crippen LogP contribution in [0.2, 0.25) is 0 Å². The van der Waals surface area contributed by atoms with Gasteiger partial charge in [0.05, 0.1) is 0 Å². The van der Waals surface area contributed by atoms with Crippen LogP contribution >= 0.6 is 0 Å². The van der Waals surface area contributed by atoms with E-state index < -0.39 is 42.0 Å². The molecule has 0 atom stereocenters. The van der Waals surface area contributed by atoms with Gasteiger partial charge in [-0.05, 0) is 25.9 Å². The minimum Gasteiger partial charge on any atom is -0.480 e. The van der Waals surface area contributed by atoms with Crippen molar-refractivity contribution in [1.29, 1.82) is 0 Å². The van der Waals surface area contributed by atoms with E-state index in [9.17, 15) is 19.2 Å². The molecule has 0 aromatic rings. The van der Waals surface area contributed by atoms with Crippen molar-refractivity contribution in [2.75, 3.05) is 13.1 Å². The average molecular weight is 321 g/mol. The molecule has 0 spiro atoms. The number of nitrogens with two attached hydrogens (primary N) is 1. The van der Waals surface area contributed by atoms with Gasteiger partial charge in [-0.1, -0.05) is 0 Å². The fourth-order valence-electron chi connectivity index (χ4n) is 1.53. The third-order valence-corrected chi connectivity index (χ3v) is 2.71. The van der Waals surface area contributed by atoms with Crippen molar-refractivity contribution in [1.82, 2.24) is 10.6 Å². The number of nitrogens with one attached hydrogen (secondary N) is 2. The van der Waals surface area contributed by atoms with E-state index in [0.717, 1.165) is 0 Å². The summed E-state index contributed by atoms with van der Waals surface area (Å²) in [6, 6.07) is -3.94. The molecule has 0 fully saturated rings. The molecule has 0 saturated heterocycles. The first-order valence-electron chi connectivity index (χ1n) is 6.30. The maximum absolute atomic E-state index is 10.6. The molecule has 126 valence electrons.